The van der Waals surface area contributed by atoms with Crippen LogP contribution < -0.4 is 0 Å². The molecule has 0 aromatic carbocycles. The van der Waals surface area contributed by atoms with Gasteiger partial charge in [-0.1, -0.05) is 13.5 Å². The lowest BCUT2D eigenvalue weighted by molar-refractivity contribution is -0.128. The highest BCUT2D eigenvalue weighted by molar-refractivity contribution is 7.10. The molecule has 17 heavy (non-hydrogen) atoms. The maximum Gasteiger partial charge on any atom is 0.246 e. The molecule has 0 unspecified atom stereocenters. The zero-order chi connectivity index (χ0) is 12.8. The maximum absolute atomic E-state index is 11.7. The first kappa shape index (κ1) is 13.5. The van der Waals surface area contributed by atoms with Gasteiger partial charge in [-0.15, -0.1) is 11.3 Å². The summed E-state index contributed by atoms with van der Waals surface area (Å²) in [7, 11) is 0. The summed E-state index contributed by atoms with van der Waals surface area (Å²) in [5.41, 5.74) is 1.00. The highest BCUT2D eigenvalue weighted by Gasteiger charge is 2.17. The maximum atomic E-state index is 11.7. The molecule has 1 amide bonds. The number of amides is 1. The largest absolute Gasteiger partial charge is 0.332 e. The topological polar surface area (TPSA) is 44.1 Å². The van der Waals surface area contributed by atoms with Gasteiger partial charge in [0.1, 0.15) is 10.9 Å². The van der Waals surface area contributed by atoms with Gasteiger partial charge in [0.25, 0.3) is 0 Å². The third-order valence-corrected chi connectivity index (χ3v) is 3.58. The SMILES string of the molecule is C=CC(=O)N(Cc1csc(C#N)c1)[C@@H](C)CC. The molecule has 0 saturated heterocycles. The Kier molecular flexibility index (Phi) is 4.92. The number of nitrogens with zero attached hydrogens (tertiary/aromatic N) is 2. The van der Waals surface area contributed by atoms with Gasteiger partial charge in [0.15, 0.2) is 0 Å². The van der Waals surface area contributed by atoms with E-state index in [1.54, 1.807) is 4.90 Å². The Morgan fingerprint density at radius 3 is 2.94 bits per heavy atom. The summed E-state index contributed by atoms with van der Waals surface area (Å²) in [5, 5.41) is 10.7. The monoisotopic (exact) mass is 248 g/mol. The van der Waals surface area contributed by atoms with E-state index in [2.05, 4.69) is 12.6 Å². The van der Waals surface area contributed by atoms with E-state index in [-0.39, 0.29) is 11.9 Å². The molecule has 1 atom stereocenters. The van der Waals surface area contributed by atoms with Crippen molar-refractivity contribution in [3.8, 4) is 6.07 Å². The van der Waals surface area contributed by atoms with E-state index in [1.165, 1.54) is 17.4 Å². The number of rotatable bonds is 5. The number of hydrogen-bond donors (Lipinski definition) is 0. The number of carbonyl (C=O) groups is 1. The van der Waals surface area contributed by atoms with Crippen LogP contribution in [0.25, 0.3) is 0 Å². The molecule has 0 radical (unpaired) electrons. The summed E-state index contributed by atoms with van der Waals surface area (Å²) in [4.78, 5) is 14.2. The van der Waals surface area contributed by atoms with E-state index in [0.717, 1.165) is 12.0 Å². The third-order valence-electron chi connectivity index (χ3n) is 2.70. The number of nitriles is 1. The minimum atomic E-state index is -0.0657. The van der Waals surface area contributed by atoms with Gasteiger partial charge in [0.2, 0.25) is 5.91 Å². The highest BCUT2D eigenvalue weighted by Crippen LogP contribution is 2.17. The minimum absolute atomic E-state index is 0.0657. The molecular formula is C13H16N2OS. The number of hydrogen-bond acceptors (Lipinski definition) is 3. The van der Waals surface area contributed by atoms with Crippen LogP contribution in [0.2, 0.25) is 0 Å². The Morgan fingerprint density at radius 2 is 2.47 bits per heavy atom. The van der Waals surface area contributed by atoms with Gasteiger partial charge in [0, 0.05) is 12.6 Å². The van der Waals surface area contributed by atoms with Gasteiger partial charge < -0.3 is 4.90 Å². The summed E-state index contributed by atoms with van der Waals surface area (Å²) in [6.07, 6.45) is 2.23. The van der Waals surface area contributed by atoms with Crippen molar-refractivity contribution in [3.05, 3.63) is 34.5 Å². The van der Waals surface area contributed by atoms with Crippen molar-refractivity contribution in [2.75, 3.05) is 0 Å². The molecule has 1 aromatic heterocycles. The van der Waals surface area contributed by atoms with Crippen LogP contribution in [0.15, 0.2) is 24.1 Å². The van der Waals surface area contributed by atoms with Crippen LogP contribution in [0.3, 0.4) is 0 Å². The molecule has 1 rings (SSSR count). The van der Waals surface area contributed by atoms with Gasteiger partial charge in [0.05, 0.1) is 0 Å². The zero-order valence-corrected chi connectivity index (χ0v) is 11.0. The normalized spacial score (nSPS) is 11.6. The van der Waals surface area contributed by atoms with E-state index in [0.29, 0.717) is 11.4 Å². The van der Waals surface area contributed by atoms with E-state index in [1.807, 2.05) is 25.3 Å². The number of thiophene rings is 1. The van der Waals surface area contributed by atoms with Crippen molar-refractivity contribution in [3.63, 3.8) is 0 Å². The molecule has 3 nitrogen and oxygen atoms in total. The molecule has 0 spiro atoms. The van der Waals surface area contributed by atoms with Crippen LogP contribution in [-0.4, -0.2) is 16.8 Å². The van der Waals surface area contributed by atoms with E-state index in [4.69, 9.17) is 5.26 Å². The molecule has 4 heteroatoms. The van der Waals surface area contributed by atoms with Crippen LogP contribution in [0.5, 0.6) is 0 Å². The fraction of sp³-hybridized carbons (Fsp3) is 0.385. The molecule has 0 aliphatic rings. The lowest BCUT2D eigenvalue weighted by Gasteiger charge is -2.27. The van der Waals surface area contributed by atoms with Crippen LogP contribution in [0.4, 0.5) is 0 Å². The summed E-state index contributed by atoms with van der Waals surface area (Å²) in [5.74, 6) is -0.0657. The molecule has 0 aliphatic heterocycles. The smallest absolute Gasteiger partial charge is 0.246 e. The van der Waals surface area contributed by atoms with Crippen LogP contribution >= 0.6 is 11.3 Å². The average molecular weight is 248 g/mol. The lowest BCUT2D eigenvalue weighted by Crippen LogP contribution is -2.36. The molecule has 0 saturated carbocycles. The second-order valence-electron chi connectivity index (χ2n) is 3.86. The Balaban J connectivity index is 2.82. The molecule has 0 aliphatic carbocycles. The Morgan fingerprint density at radius 1 is 1.76 bits per heavy atom. The molecule has 1 aromatic rings. The Bertz CT molecular complexity index is 445. The first-order valence-corrected chi connectivity index (χ1v) is 6.40. The lowest BCUT2D eigenvalue weighted by atomic mass is 10.2. The average Bonchev–Trinajstić information content (AvgIpc) is 2.81. The summed E-state index contributed by atoms with van der Waals surface area (Å²) in [6.45, 7) is 8.12. The molecule has 0 N–H and O–H groups in total. The van der Waals surface area contributed by atoms with Crippen LogP contribution in [0.1, 0.15) is 30.7 Å². The van der Waals surface area contributed by atoms with Gasteiger partial charge in [-0.05, 0) is 36.4 Å². The van der Waals surface area contributed by atoms with Gasteiger partial charge in [-0.25, -0.2) is 0 Å². The first-order valence-electron chi connectivity index (χ1n) is 5.52. The molecule has 1 heterocycles. The summed E-state index contributed by atoms with van der Waals surface area (Å²) in [6, 6.07) is 4.10. The first-order chi connectivity index (χ1) is 8.12. The van der Waals surface area contributed by atoms with Gasteiger partial charge >= 0.3 is 0 Å². The van der Waals surface area contributed by atoms with Crippen molar-refractivity contribution >= 4 is 17.2 Å². The third kappa shape index (κ3) is 3.43. The van der Waals surface area contributed by atoms with Crippen molar-refractivity contribution in [2.24, 2.45) is 0 Å². The number of carbonyl (C=O) groups excluding carboxylic acids is 1. The molecule has 0 fully saturated rings. The standard InChI is InChI=1S/C13H16N2OS/c1-4-10(3)15(13(16)5-2)8-11-6-12(7-14)17-9-11/h5-6,9-10H,2,4,8H2,1,3H3/t10-/m0/s1. The molecule has 90 valence electrons. The zero-order valence-electron chi connectivity index (χ0n) is 10.1. The fourth-order valence-corrected chi connectivity index (χ4v) is 2.20. The van der Waals surface area contributed by atoms with Gasteiger partial charge in [-0.2, -0.15) is 5.26 Å². The van der Waals surface area contributed by atoms with Crippen molar-refractivity contribution < 1.29 is 4.79 Å². The second-order valence-corrected chi connectivity index (χ2v) is 4.77. The van der Waals surface area contributed by atoms with Crippen molar-refractivity contribution in [1.82, 2.24) is 4.90 Å². The summed E-state index contributed by atoms with van der Waals surface area (Å²) >= 11 is 1.41. The van der Waals surface area contributed by atoms with Crippen molar-refractivity contribution in [2.45, 2.75) is 32.9 Å². The fourth-order valence-electron chi connectivity index (χ4n) is 1.50. The van der Waals surface area contributed by atoms with E-state index < -0.39 is 0 Å². The second kappa shape index (κ2) is 6.21. The molecular weight excluding hydrogens is 232 g/mol. The summed E-state index contributed by atoms with van der Waals surface area (Å²) < 4.78 is 0. The van der Waals surface area contributed by atoms with Crippen molar-refractivity contribution in [1.29, 1.82) is 5.26 Å². The minimum Gasteiger partial charge on any atom is -0.332 e. The van der Waals surface area contributed by atoms with Crippen LogP contribution in [0, 0.1) is 11.3 Å². The quantitative estimate of drug-likeness (QED) is 0.752. The molecule has 0 bridgehead atoms. The van der Waals surface area contributed by atoms with Crippen LogP contribution in [-0.2, 0) is 11.3 Å². The predicted molar refractivity (Wildman–Crippen MR) is 69.5 cm³/mol. The highest BCUT2D eigenvalue weighted by atomic mass is 32.1. The van der Waals surface area contributed by atoms with E-state index in [9.17, 15) is 4.79 Å². The van der Waals surface area contributed by atoms with Gasteiger partial charge in [-0.3, -0.25) is 4.79 Å². The van der Waals surface area contributed by atoms with E-state index >= 15 is 0 Å². The predicted octanol–water partition coefficient (Wildman–Crippen LogP) is 2.93. The Hall–Kier alpha value is -1.60. The Labute approximate surface area is 106 Å².